The Morgan fingerprint density at radius 2 is 2.07 bits per heavy atom. The predicted molar refractivity (Wildman–Crippen MR) is 53.4 cm³/mol. The standard InChI is InChI=1S/C10H13NO4/c1-10(11-2)6(8(12)13)4-3-5-7(10)9(14)15/h3-6,11H,1-2H3,(H,12,13)(H,14,15). The van der Waals surface area contributed by atoms with Gasteiger partial charge >= 0.3 is 11.9 Å². The fraction of sp³-hybridized carbons (Fsp3) is 0.400. The second-order valence-corrected chi connectivity index (χ2v) is 3.54. The summed E-state index contributed by atoms with van der Waals surface area (Å²) < 4.78 is 0. The lowest BCUT2D eigenvalue weighted by atomic mass is 9.76. The minimum absolute atomic E-state index is 0.0555. The van der Waals surface area contributed by atoms with Crippen LogP contribution < -0.4 is 5.32 Å². The Bertz CT molecular complexity index is 358. The molecule has 0 heterocycles. The summed E-state index contributed by atoms with van der Waals surface area (Å²) in [6.07, 6.45) is 4.35. The Morgan fingerprint density at radius 3 is 2.47 bits per heavy atom. The second-order valence-electron chi connectivity index (χ2n) is 3.54. The molecule has 0 radical (unpaired) electrons. The van der Waals surface area contributed by atoms with Gasteiger partial charge in [-0.05, 0) is 14.0 Å². The van der Waals surface area contributed by atoms with Crippen molar-refractivity contribution in [3.8, 4) is 0 Å². The van der Waals surface area contributed by atoms with Crippen molar-refractivity contribution in [2.75, 3.05) is 7.05 Å². The Balaban J connectivity index is 3.20. The second kappa shape index (κ2) is 3.86. The molecular weight excluding hydrogens is 198 g/mol. The predicted octanol–water partition coefficient (Wildman–Crippen LogP) is 0.246. The molecule has 0 fully saturated rings. The molecule has 0 aromatic rings. The van der Waals surface area contributed by atoms with Gasteiger partial charge < -0.3 is 15.5 Å². The molecule has 0 aromatic heterocycles. The van der Waals surface area contributed by atoms with Gasteiger partial charge in [0.05, 0.1) is 17.0 Å². The van der Waals surface area contributed by atoms with Crippen molar-refractivity contribution in [3.05, 3.63) is 23.8 Å². The molecule has 2 atom stereocenters. The van der Waals surface area contributed by atoms with E-state index >= 15 is 0 Å². The van der Waals surface area contributed by atoms with Crippen LogP contribution in [-0.4, -0.2) is 34.7 Å². The molecule has 0 aromatic carbocycles. The number of nitrogens with one attached hydrogen (secondary N) is 1. The average Bonchev–Trinajstić information content (AvgIpc) is 2.17. The molecule has 82 valence electrons. The van der Waals surface area contributed by atoms with E-state index in [1.165, 1.54) is 18.2 Å². The van der Waals surface area contributed by atoms with Crippen LogP contribution >= 0.6 is 0 Å². The minimum atomic E-state index is -1.11. The topological polar surface area (TPSA) is 86.6 Å². The van der Waals surface area contributed by atoms with Crippen LogP contribution in [0, 0.1) is 5.92 Å². The Morgan fingerprint density at radius 1 is 1.47 bits per heavy atom. The Kier molecular flexibility index (Phi) is 2.95. The molecule has 1 aliphatic carbocycles. The van der Waals surface area contributed by atoms with Gasteiger partial charge in [-0.25, -0.2) is 4.79 Å². The molecule has 5 nitrogen and oxygen atoms in total. The zero-order chi connectivity index (χ0) is 11.6. The van der Waals surface area contributed by atoms with Crippen molar-refractivity contribution in [3.63, 3.8) is 0 Å². The van der Waals surface area contributed by atoms with Gasteiger partial charge in [0.25, 0.3) is 0 Å². The molecule has 0 saturated carbocycles. The van der Waals surface area contributed by atoms with Gasteiger partial charge in [0.2, 0.25) is 0 Å². The van der Waals surface area contributed by atoms with E-state index in [2.05, 4.69) is 5.32 Å². The van der Waals surface area contributed by atoms with Gasteiger partial charge in [0.15, 0.2) is 0 Å². The third kappa shape index (κ3) is 1.78. The van der Waals surface area contributed by atoms with Crippen LogP contribution in [0.1, 0.15) is 6.92 Å². The van der Waals surface area contributed by atoms with Crippen LogP contribution in [0.2, 0.25) is 0 Å². The number of hydrogen-bond donors (Lipinski definition) is 3. The zero-order valence-electron chi connectivity index (χ0n) is 8.52. The van der Waals surface area contributed by atoms with E-state index < -0.39 is 23.4 Å². The van der Waals surface area contributed by atoms with Crippen LogP contribution in [0.4, 0.5) is 0 Å². The normalized spacial score (nSPS) is 29.7. The summed E-state index contributed by atoms with van der Waals surface area (Å²) in [5, 5.41) is 20.7. The van der Waals surface area contributed by atoms with Crippen LogP contribution in [0.15, 0.2) is 23.8 Å². The number of carboxylic acid groups (broad SMARTS) is 2. The highest BCUT2D eigenvalue weighted by Crippen LogP contribution is 2.30. The van der Waals surface area contributed by atoms with E-state index in [0.29, 0.717) is 0 Å². The number of carbonyl (C=O) groups is 2. The summed E-state index contributed by atoms with van der Waals surface area (Å²) in [6, 6.07) is 0. The lowest BCUT2D eigenvalue weighted by Gasteiger charge is -2.35. The first-order valence-electron chi connectivity index (χ1n) is 4.47. The third-order valence-electron chi connectivity index (χ3n) is 2.76. The summed E-state index contributed by atoms with van der Waals surface area (Å²) in [4.78, 5) is 21.9. The molecular formula is C10H13NO4. The first-order valence-corrected chi connectivity index (χ1v) is 4.47. The average molecular weight is 211 g/mol. The minimum Gasteiger partial charge on any atom is -0.481 e. The highest BCUT2D eigenvalue weighted by molar-refractivity contribution is 5.92. The molecule has 0 aliphatic heterocycles. The summed E-state index contributed by atoms with van der Waals surface area (Å²) in [5.41, 5.74) is -1.02. The fourth-order valence-electron chi connectivity index (χ4n) is 1.71. The van der Waals surface area contributed by atoms with E-state index in [9.17, 15) is 9.59 Å². The largest absolute Gasteiger partial charge is 0.481 e. The molecule has 5 heteroatoms. The molecule has 1 rings (SSSR count). The maximum atomic E-state index is 11.0. The van der Waals surface area contributed by atoms with E-state index in [-0.39, 0.29) is 5.57 Å². The zero-order valence-corrected chi connectivity index (χ0v) is 8.52. The number of carboxylic acids is 2. The SMILES string of the molecule is CNC1(C)C(C(=O)O)=CC=CC1C(=O)O. The van der Waals surface area contributed by atoms with Crippen molar-refractivity contribution in [1.29, 1.82) is 0 Å². The van der Waals surface area contributed by atoms with Crippen LogP contribution in [0.3, 0.4) is 0 Å². The van der Waals surface area contributed by atoms with Crippen molar-refractivity contribution in [1.82, 2.24) is 5.32 Å². The van der Waals surface area contributed by atoms with Gasteiger partial charge in [0.1, 0.15) is 0 Å². The molecule has 1 aliphatic rings. The first kappa shape index (κ1) is 11.5. The maximum absolute atomic E-state index is 11.0. The summed E-state index contributed by atoms with van der Waals surface area (Å²) in [6.45, 7) is 1.56. The highest BCUT2D eigenvalue weighted by atomic mass is 16.4. The Hall–Kier alpha value is -1.62. The summed E-state index contributed by atoms with van der Waals surface area (Å²) in [7, 11) is 1.55. The molecule has 0 amide bonds. The van der Waals surface area contributed by atoms with Gasteiger partial charge in [-0.3, -0.25) is 4.79 Å². The number of likely N-dealkylation sites (N-methyl/N-ethyl adjacent to an activating group) is 1. The Labute approximate surface area is 87.1 Å². The maximum Gasteiger partial charge on any atom is 0.333 e. The highest BCUT2D eigenvalue weighted by Gasteiger charge is 2.43. The van der Waals surface area contributed by atoms with Gasteiger partial charge in [0, 0.05) is 0 Å². The van der Waals surface area contributed by atoms with Gasteiger partial charge in [-0.2, -0.15) is 0 Å². The van der Waals surface area contributed by atoms with Crippen LogP contribution in [0.5, 0.6) is 0 Å². The molecule has 0 saturated heterocycles. The van der Waals surface area contributed by atoms with Gasteiger partial charge in [-0.15, -0.1) is 0 Å². The van der Waals surface area contributed by atoms with Crippen molar-refractivity contribution < 1.29 is 19.8 Å². The molecule has 0 bridgehead atoms. The van der Waals surface area contributed by atoms with Crippen LogP contribution in [0.25, 0.3) is 0 Å². The molecule has 15 heavy (non-hydrogen) atoms. The van der Waals surface area contributed by atoms with E-state index in [0.717, 1.165) is 0 Å². The van der Waals surface area contributed by atoms with E-state index in [4.69, 9.17) is 10.2 Å². The molecule has 0 spiro atoms. The first-order chi connectivity index (χ1) is 6.93. The van der Waals surface area contributed by atoms with E-state index in [1.54, 1.807) is 14.0 Å². The van der Waals surface area contributed by atoms with Crippen molar-refractivity contribution in [2.24, 2.45) is 5.92 Å². The lowest BCUT2D eigenvalue weighted by molar-refractivity contribution is -0.142. The molecule has 2 unspecified atom stereocenters. The smallest absolute Gasteiger partial charge is 0.333 e. The quantitative estimate of drug-likeness (QED) is 0.622. The van der Waals surface area contributed by atoms with Gasteiger partial charge in [-0.1, -0.05) is 18.2 Å². The number of aliphatic carboxylic acids is 2. The van der Waals surface area contributed by atoms with E-state index in [1.807, 2.05) is 0 Å². The number of hydrogen-bond acceptors (Lipinski definition) is 3. The van der Waals surface area contributed by atoms with Crippen LogP contribution in [-0.2, 0) is 9.59 Å². The fourth-order valence-corrected chi connectivity index (χ4v) is 1.71. The number of allylic oxidation sites excluding steroid dienone is 2. The lowest BCUT2D eigenvalue weighted by Crippen LogP contribution is -2.53. The number of rotatable bonds is 3. The van der Waals surface area contributed by atoms with Crippen molar-refractivity contribution in [2.45, 2.75) is 12.5 Å². The summed E-state index contributed by atoms with van der Waals surface area (Å²) in [5.74, 6) is -3.03. The monoisotopic (exact) mass is 211 g/mol. The third-order valence-corrected chi connectivity index (χ3v) is 2.76. The summed E-state index contributed by atoms with van der Waals surface area (Å²) >= 11 is 0. The van der Waals surface area contributed by atoms with Crippen molar-refractivity contribution >= 4 is 11.9 Å². The molecule has 3 N–H and O–H groups in total.